The Bertz CT molecular complexity index is 455. The van der Waals surface area contributed by atoms with Gasteiger partial charge in [-0.05, 0) is 25.6 Å². The summed E-state index contributed by atoms with van der Waals surface area (Å²) in [7, 11) is 0. The van der Waals surface area contributed by atoms with E-state index in [1.165, 1.54) is 0 Å². The van der Waals surface area contributed by atoms with Gasteiger partial charge in [0, 0.05) is 18.7 Å². The minimum absolute atomic E-state index is 0.617. The van der Waals surface area contributed by atoms with Gasteiger partial charge >= 0.3 is 0 Å². The molecule has 0 spiro atoms. The fourth-order valence-electron chi connectivity index (χ4n) is 1.61. The van der Waals surface area contributed by atoms with Gasteiger partial charge in [0.25, 0.3) is 0 Å². The second-order valence-electron chi connectivity index (χ2n) is 3.60. The monoisotopic (exact) mass is 248 g/mol. The van der Waals surface area contributed by atoms with Crippen molar-refractivity contribution in [3.63, 3.8) is 0 Å². The number of para-hydroxylation sites is 1. The third kappa shape index (κ3) is 2.81. The van der Waals surface area contributed by atoms with Crippen molar-refractivity contribution in [2.45, 2.75) is 13.3 Å². The maximum atomic E-state index is 5.51. The summed E-state index contributed by atoms with van der Waals surface area (Å²) < 4.78 is 0. The lowest BCUT2D eigenvalue weighted by Gasteiger charge is -2.18. The summed E-state index contributed by atoms with van der Waals surface area (Å²) in [6.45, 7) is 3.60. The van der Waals surface area contributed by atoms with Crippen LogP contribution in [0.4, 0.5) is 10.8 Å². The molecule has 90 valence electrons. The molecule has 1 heterocycles. The lowest BCUT2D eigenvalue weighted by molar-refractivity contribution is 0.900. The molecule has 0 radical (unpaired) electrons. The van der Waals surface area contributed by atoms with Gasteiger partial charge in [0.05, 0.1) is 0 Å². The number of rotatable bonds is 5. The van der Waals surface area contributed by atoms with Crippen molar-refractivity contribution < 1.29 is 0 Å². The van der Waals surface area contributed by atoms with Crippen LogP contribution < -0.4 is 10.6 Å². The molecule has 0 bridgehead atoms. The Labute approximate surface area is 105 Å². The van der Waals surface area contributed by atoms with Crippen molar-refractivity contribution in [1.29, 1.82) is 0 Å². The Morgan fingerprint density at radius 3 is 2.65 bits per heavy atom. The zero-order valence-electron chi connectivity index (χ0n) is 9.84. The summed E-state index contributed by atoms with van der Waals surface area (Å²) in [6, 6.07) is 10.2. The van der Waals surface area contributed by atoms with E-state index in [1.54, 1.807) is 11.3 Å². The third-order valence-electron chi connectivity index (χ3n) is 2.43. The molecule has 0 unspecified atom stereocenters. The molecule has 17 heavy (non-hydrogen) atoms. The maximum absolute atomic E-state index is 5.51. The van der Waals surface area contributed by atoms with E-state index in [2.05, 4.69) is 34.2 Å². The highest BCUT2D eigenvalue weighted by molar-refractivity contribution is 7.15. The van der Waals surface area contributed by atoms with E-state index in [-0.39, 0.29) is 0 Å². The largest absolute Gasteiger partial charge is 0.330 e. The first kappa shape index (κ1) is 12.0. The van der Waals surface area contributed by atoms with Gasteiger partial charge in [0.15, 0.2) is 0 Å². The Hall–Kier alpha value is -1.46. The Morgan fingerprint density at radius 2 is 2.00 bits per heavy atom. The lowest BCUT2D eigenvalue weighted by Crippen LogP contribution is -2.15. The predicted octanol–water partition coefficient (Wildman–Crippen LogP) is 2.20. The molecular weight excluding hydrogens is 232 g/mol. The first-order valence-electron chi connectivity index (χ1n) is 5.70. The van der Waals surface area contributed by atoms with Crippen LogP contribution in [0.3, 0.4) is 0 Å². The standard InChI is InChI=1S/C12H16N4S/c1-2-16(10-6-4-3-5-7-10)12-15-14-11(17-12)8-9-13/h3-7H,2,8-9,13H2,1H3. The van der Waals surface area contributed by atoms with Crippen molar-refractivity contribution in [3.8, 4) is 0 Å². The summed E-state index contributed by atoms with van der Waals surface area (Å²) >= 11 is 1.61. The van der Waals surface area contributed by atoms with Gasteiger partial charge in [-0.3, -0.25) is 0 Å². The SMILES string of the molecule is CCN(c1ccccc1)c1nnc(CCN)s1. The van der Waals surface area contributed by atoms with Crippen LogP contribution in [0.15, 0.2) is 30.3 Å². The van der Waals surface area contributed by atoms with E-state index in [9.17, 15) is 0 Å². The minimum Gasteiger partial charge on any atom is -0.330 e. The fourth-order valence-corrected chi connectivity index (χ4v) is 2.55. The Balaban J connectivity index is 2.23. The molecule has 2 rings (SSSR count). The molecule has 0 aliphatic carbocycles. The smallest absolute Gasteiger partial charge is 0.212 e. The van der Waals surface area contributed by atoms with Crippen molar-refractivity contribution in [2.24, 2.45) is 5.73 Å². The highest BCUT2D eigenvalue weighted by Gasteiger charge is 2.12. The van der Waals surface area contributed by atoms with Crippen molar-refractivity contribution in [2.75, 3.05) is 18.0 Å². The molecule has 0 aliphatic rings. The molecule has 1 aromatic heterocycles. The van der Waals surface area contributed by atoms with Gasteiger partial charge in [-0.1, -0.05) is 29.5 Å². The number of aromatic nitrogens is 2. The molecule has 0 atom stereocenters. The van der Waals surface area contributed by atoms with Crippen molar-refractivity contribution in [1.82, 2.24) is 10.2 Å². The number of benzene rings is 1. The van der Waals surface area contributed by atoms with Gasteiger partial charge in [-0.25, -0.2) is 0 Å². The van der Waals surface area contributed by atoms with Crippen LogP contribution in [0.1, 0.15) is 11.9 Å². The molecule has 5 heteroatoms. The summed E-state index contributed by atoms with van der Waals surface area (Å²) in [5.41, 5.74) is 6.66. The summed E-state index contributed by atoms with van der Waals surface area (Å²) in [5.74, 6) is 0. The molecule has 0 fully saturated rings. The maximum Gasteiger partial charge on any atom is 0.212 e. The summed E-state index contributed by atoms with van der Waals surface area (Å²) in [6.07, 6.45) is 0.796. The van der Waals surface area contributed by atoms with Crippen LogP contribution in [0.2, 0.25) is 0 Å². The number of anilines is 2. The van der Waals surface area contributed by atoms with Gasteiger partial charge in [0.1, 0.15) is 5.01 Å². The highest BCUT2D eigenvalue weighted by atomic mass is 32.1. The molecular formula is C12H16N4S. The van der Waals surface area contributed by atoms with E-state index in [0.29, 0.717) is 6.54 Å². The minimum atomic E-state index is 0.617. The van der Waals surface area contributed by atoms with Crippen LogP contribution in [-0.4, -0.2) is 23.3 Å². The Kier molecular flexibility index (Phi) is 4.06. The number of hydrogen-bond acceptors (Lipinski definition) is 5. The molecule has 0 saturated carbocycles. The number of hydrogen-bond donors (Lipinski definition) is 1. The number of nitrogens with zero attached hydrogens (tertiary/aromatic N) is 3. The summed E-state index contributed by atoms with van der Waals surface area (Å²) in [4.78, 5) is 2.15. The van der Waals surface area contributed by atoms with Crippen molar-refractivity contribution in [3.05, 3.63) is 35.3 Å². The zero-order chi connectivity index (χ0) is 12.1. The van der Waals surface area contributed by atoms with Gasteiger partial charge in [-0.2, -0.15) is 0 Å². The van der Waals surface area contributed by atoms with E-state index >= 15 is 0 Å². The van der Waals surface area contributed by atoms with Crippen molar-refractivity contribution >= 4 is 22.2 Å². The molecule has 0 aliphatic heterocycles. The summed E-state index contributed by atoms with van der Waals surface area (Å²) in [5, 5.41) is 10.3. The highest BCUT2D eigenvalue weighted by Crippen LogP contribution is 2.27. The van der Waals surface area contributed by atoms with Gasteiger partial charge < -0.3 is 10.6 Å². The van der Waals surface area contributed by atoms with Crippen LogP contribution in [-0.2, 0) is 6.42 Å². The van der Waals surface area contributed by atoms with Gasteiger partial charge in [0.2, 0.25) is 5.13 Å². The van der Waals surface area contributed by atoms with E-state index in [1.807, 2.05) is 18.2 Å². The molecule has 0 amide bonds. The fraction of sp³-hybridized carbons (Fsp3) is 0.333. The van der Waals surface area contributed by atoms with E-state index in [4.69, 9.17) is 5.73 Å². The lowest BCUT2D eigenvalue weighted by atomic mass is 10.3. The Morgan fingerprint density at radius 1 is 1.24 bits per heavy atom. The van der Waals surface area contributed by atoms with Gasteiger partial charge in [-0.15, -0.1) is 10.2 Å². The van der Waals surface area contributed by atoms with Crippen LogP contribution in [0.25, 0.3) is 0 Å². The zero-order valence-corrected chi connectivity index (χ0v) is 10.7. The molecule has 1 aromatic carbocycles. The molecule has 4 nitrogen and oxygen atoms in total. The quantitative estimate of drug-likeness (QED) is 0.881. The normalized spacial score (nSPS) is 10.5. The average molecular weight is 248 g/mol. The average Bonchev–Trinajstić information content (AvgIpc) is 2.81. The predicted molar refractivity (Wildman–Crippen MR) is 71.8 cm³/mol. The molecule has 2 N–H and O–H groups in total. The second kappa shape index (κ2) is 5.75. The third-order valence-corrected chi connectivity index (χ3v) is 3.44. The second-order valence-corrected chi connectivity index (χ2v) is 4.64. The van der Waals surface area contributed by atoms with Crippen LogP contribution in [0.5, 0.6) is 0 Å². The first-order chi connectivity index (χ1) is 8.35. The van der Waals surface area contributed by atoms with Crippen LogP contribution in [0, 0.1) is 0 Å². The number of nitrogens with two attached hydrogens (primary N) is 1. The topological polar surface area (TPSA) is 55.0 Å². The van der Waals surface area contributed by atoms with E-state index in [0.717, 1.165) is 28.8 Å². The molecule has 2 aromatic rings. The van der Waals surface area contributed by atoms with E-state index < -0.39 is 0 Å². The molecule has 0 saturated heterocycles. The van der Waals surface area contributed by atoms with Crippen LogP contribution >= 0.6 is 11.3 Å². The first-order valence-corrected chi connectivity index (χ1v) is 6.51.